The third kappa shape index (κ3) is 5.18. The van der Waals surface area contributed by atoms with Crippen molar-refractivity contribution in [2.45, 2.75) is 63.7 Å². The number of fused-ring (bicyclic) bond motifs is 2. The van der Waals surface area contributed by atoms with E-state index in [0.717, 1.165) is 25.5 Å². The Balaban J connectivity index is 1.26. The van der Waals surface area contributed by atoms with E-state index in [9.17, 15) is 0 Å². The highest BCUT2D eigenvalue weighted by atomic mass is 15.2. The average Bonchev–Trinajstić information content (AvgIpc) is 2.97. The van der Waals surface area contributed by atoms with Gasteiger partial charge < -0.3 is 10.6 Å². The van der Waals surface area contributed by atoms with E-state index in [1.165, 1.54) is 42.4 Å². The van der Waals surface area contributed by atoms with E-state index in [1.807, 2.05) is 7.05 Å². The molecule has 0 aromatic heterocycles. The Labute approximate surface area is 175 Å². The Bertz CT molecular complexity index is 785. The number of hydrogen-bond acceptors (Lipinski definition) is 2. The molecule has 0 amide bonds. The molecule has 154 valence electrons. The molecular weight excluding hydrogens is 356 g/mol. The summed E-state index contributed by atoms with van der Waals surface area (Å²) in [6.45, 7) is 4.13. The second kappa shape index (κ2) is 9.45. The first kappa shape index (κ1) is 20.0. The molecule has 2 aromatic rings. The van der Waals surface area contributed by atoms with Crippen LogP contribution < -0.4 is 10.6 Å². The number of benzene rings is 2. The maximum Gasteiger partial charge on any atom is 0.191 e. The number of piperidine rings is 1. The highest BCUT2D eigenvalue weighted by Crippen LogP contribution is 2.36. The second-order valence-electron chi connectivity index (χ2n) is 8.59. The molecule has 0 radical (unpaired) electrons. The first-order chi connectivity index (χ1) is 14.2. The maximum atomic E-state index is 4.47. The Morgan fingerprint density at radius 3 is 2.31 bits per heavy atom. The molecule has 2 aliphatic rings. The number of nitrogens with one attached hydrogen (secondary N) is 2. The van der Waals surface area contributed by atoms with Gasteiger partial charge in [-0.2, -0.15) is 0 Å². The van der Waals surface area contributed by atoms with Crippen LogP contribution >= 0.6 is 0 Å². The summed E-state index contributed by atoms with van der Waals surface area (Å²) in [6, 6.07) is 21.6. The minimum Gasteiger partial charge on any atom is -0.356 e. The van der Waals surface area contributed by atoms with Gasteiger partial charge in [-0.05, 0) is 50.2 Å². The van der Waals surface area contributed by atoms with E-state index in [-0.39, 0.29) is 0 Å². The number of aliphatic imine (C=N–C) groups is 1. The van der Waals surface area contributed by atoms with Crippen LogP contribution in [0.15, 0.2) is 59.6 Å². The van der Waals surface area contributed by atoms with Gasteiger partial charge in [0, 0.05) is 38.3 Å². The summed E-state index contributed by atoms with van der Waals surface area (Å²) in [7, 11) is 1.88. The van der Waals surface area contributed by atoms with Crippen molar-refractivity contribution in [3.8, 4) is 0 Å². The van der Waals surface area contributed by atoms with Gasteiger partial charge >= 0.3 is 0 Å². The Hall–Kier alpha value is -2.33. The average molecular weight is 391 g/mol. The summed E-state index contributed by atoms with van der Waals surface area (Å²) in [5.74, 6) is 0.943. The second-order valence-corrected chi connectivity index (χ2v) is 8.59. The van der Waals surface area contributed by atoms with Crippen molar-refractivity contribution < 1.29 is 0 Å². The van der Waals surface area contributed by atoms with Crippen LogP contribution in [0, 0.1) is 6.92 Å². The van der Waals surface area contributed by atoms with Crippen LogP contribution in [0.2, 0.25) is 0 Å². The molecule has 2 unspecified atom stereocenters. The van der Waals surface area contributed by atoms with Crippen molar-refractivity contribution in [2.75, 3.05) is 13.6 Å². The normalized spacial score (nSPS) is 24.5. The molecule has 2 N–H and O–H groups in total. The van der Waals surface area contributed by atoms with E-state index in [2.05, 4.69) is 82.0 Å². The molecule has 2 atom stereocenters. The van der Waals surface area contributed by atoms with Crippen molar-refractivity contribution in [1.82, 2.24) is 15.5 Å². The number of aryl methyl sites for hydroxylation is 1. The molecule has 4 rings (SSSR count). The predicted molar refractivity (Wildman–Crippen MR) is 121 cm³/mol. The van der Waals surface area contributed by atoms with Gasteiger partial charge in [0.05, 0.1) is 0 Å². The lowest BCUT2D eigenvalue weighted by Gasteiger charge is -2.39. The number of rotatable bonds is 6. The van der Waals surface area contributed by atoms with Gasteiger partial charge in [0.15, 0.2) is 5.96 Å². The molecule has 2 bridgehead atoms. The maximum absolute atomic E-state index is 4.47. The largest absolute Gasteiger partial charge is 0.356 e. The van der Waals surface area contributed by atoms with Gasteiger partial charge in [0.2, 0.25) is 0 Å². The lowest BCUT2D eigenvalue weighted by atomic mass is 9.96. The quantitative estimate of drug-likeness (QED) is 0.580. The van der Waals surface area contributed by atoms with Crippen LogP contribution in [-0.4, -0.2) is 42.6 Å². The van der Waals surface area contributed by atoms with Gasteiger partial charge in [-0.25, -0.2) is 0 Å². The van der Waals surface area contributed by atoms with Gasteiger partial charge in [0.1, 0.15) is 0 Å². The van der Waals surface area contributed by atoms with Gasteiger partial charge in [-0.1, -0.05) is 60.2 Å². The van der Waals surface area contributed by atoms with Crippen molar-refractivity contribution in [2.24, 2.45) is 4.99 Å². The van der Waals surface area contributed by atoms with E-state index in [1.54, 1.807) is 0 Å². The Morgan fingerprint density at radius 1 is 0.966 bits per heavy atom. The number of nitrogens with zero attached hydrogens (tertiary/aromatic N) is 2. The highest BCUT2D eigenvalue weighted by Gasteiger charge is 2.40. The fraction of sp³-hybridized carbons (Fsp3) is 0.480. The molecule has 0 aliphatic carbocycles. The molecular formula is C25H34N4. The lowest BCUT2D eigenvalue weighted by molar-refractivity contribution is 0.114. The first-order valence-corrected chi connectivity index (χ1v) is 11.0. The zero-order valence-corrected chi connectivity index (χ0v) is 17.8. The van der Waals surface area contributed by atoms with Crippen molar-refractivity contribution in [3.05, 3.63) is 71.3 Å². The van der Waals surface area contributed by atoms with Crippen LogP contribution in [0.3, 0.4) is 0 Å². The van der Waals surface area contributed by atoms with Crippen LogP contribution in [0.25, 0.3) is 0 Å². The third-order valence-electron chi connectivity index (χ3n) is 6.48. The highest BCUT2D eigenvalue weighted by molar-refractivity contribution is 5.80. The lowest BCUT2D eigenvalue weighted by Crippen LogP contribution is -2.52. The first-order valence-electron chi connectivity index (χ1n) is 11.0. The number of hydrogen-bond donors (Lipinski definition) is 2. The summed E-state index contributed by atoms with van der Waals surface area (Å²) < 4.78 is 0. The SMILES string of the molecule is CN=C(NCCc1ccc(C)cc1)NC1CC2CCC(C1)N2Cc1ccccc1. The van der Waals surface area contributed by atoms with E-state index in [0.29, 0.717) is 18.1 Å². The van der Waals surface area contributed by atoms with Crippen LogP contribution in [0.5, 0.6) is 0 Å². The zero-order valence-electron chi connectivity index (χ0n) is 17.8. The Morgan fingerprint density at radius 2 is 1.66 bits per heavy atom. The molecule has 29 heavy (non-hydrogen) atoms. The van der Waals surface area contributed by atoms with Gasteiger partial charge in [-0.3, -0.25) is 9.89 Å². The van der Waals surface area contributed by atoms with Crippen molar-refractivity contribution in [3.63, 3.8) is 0 Å². The van der Waals surface area contributed by atoms with Crippen LogP contribution in [0.1, 0.15) is 42.4 Å². The summed E-state index contributed by atoms with van der Waals surface area (Å²) in [6.07, 6.45) is 6.09. The number of guanidine groups is 1. The Kier molecular flexibility index (Phi) is 6.50. The molecule has 2 fully saturated rings. The molecule has 2 aliphatic heterocycles. The standard InChI is InChI=1S/C25H34N4/c1-19-8-10-20(11-9-19)14-15-27-25(26-2)28-22-16-23-12-13-24(17-22)29(23)18-21-6-4-3-5-7-21/h3-11,22-24H,12-18H2,1-2H3,(H2,26,27,28). The van der Waals surface area contributed by atoms with E-state index >= 15 is 0 Å². The minimum absolute atomic E-state index is 0.519. The van der Waals surface area contributed by atoms with E-state index in [4.69, 9.17) is 0 Å². The minimum atomic E-state index is 0.519. The predicted octanol–water partition coefficient (Wildman–Crippen LogP) is 3.90. The fourth-order valence-corrected chi connectivity index (χ4v) is 4.91. The molecule has 2 heterocycles. The monoisotopic (exact) mass is 390 g/mol. The summed E-state index contributed by atoms with van der Waals surface area (Å²) in [5.41, 5.74) is 4.11. The fourth-order valence-electron chi connectivity index (χ4n) is 4.91. The van der Waals surface area contributed by atoms with Gasteiger partial charge in [0.25, 0.3) is 0 Å². The van der Waals surface area contributed by atoms with Crippen molar-refractivity contribution >= 4 is 5.96 Å². The molecule has 4 nitrogen and oxygen atoms in total. The molecule has 2 aromatic carbocycles. The summed E-state index contributed by atoms with van der Waals surface area (Å²) in [4.78, 5) is 7.20. The van der Waals surface area contributed by atoms with Gasteiger partial charge in [-0.15, -0.1) is 0 Å². The molecule has 2 saturated heterocycles. The molecule has 4 heteroatoms. The van der Waals surface area contributed by atoms with Crippen LogP contribution in [0.4, 0.5) is 0 Å². The topological polar surface area (TPSA) is 39.7 Å². The smallest absolute Gasteiger partial charge is 0.191 e. The summed E-state index contributed by atoms with van der Waals surface area (Å²) in [5, 5.41) is 7.20. The molecule has 0 spiro atoms. The van der Waals surface area contributed by atoms with E-state index < -0.39 is 0 Å². The van der Waals surface area contributed by atoms with Crippen molar-refractivity contribution in [1.29, 1.82) is 0 Å². The zero-order chi connectivity index (χ0) is 20.1. The van der Waals surface area contributed by atoms with Crippen LogP contribution in [-0.2, 0) is 13.0 Å². The third-order valence-corrected chi connectivity index (χ3v) is 6.48. The summed E-state index contributed by atoms with van der Waals surface area (Å²) >= 11 is 0. The molecule has 0 saturated carbocycles.